The fourth-order valence-corrected chi connectivity index (χ4v) is 2.63. The average Bonchev–Trinajstić information content (AvgIpc) is 2.67. The molecule has 3 aromatic rings. The van der Waals surface area contributed by atoms with Gasteiger partial charge in [0.2, 0.25) is 0 Å². The molecule has 0 heterocycles. The van der Waals surface area contributed by atoms with Gasteiger partial charge in [-0.05, 0) is 47.5 Å². The van der Waals surface area contributed by atoms with Crippen molar-refractivity contribution in [1.82, 2.24) is 0 Å². The minimum Gasteiger partial charge on any atom is -0.494 e. The molecule has 0 unspecified atom stereocenters. The van der Waals surface area contributed by atoms with Crippen molar-refractivity contribution in [2.45, 2.75) is 6.92 Å². The molecule has 0 bridgehead atoms. The predicted octanol–water partition coefficient (Wildman–Crippen LogP) is 4.67. The Hall–Kier alpha value is -3.40. The first-order chi connectivity index (χ1) is 12.7. The quantitative estimate of drug-likeness (QED) is 0.282. The first-order valence-electron chi connectivity index (χ1n) is 8.31. The summed E-state index contributed by atoms with van der Waals surface area (Å²) < 4.78 is 10.7. The number of rotatable bonds is 6. The number of aldehydes is 1. The third-order valence-electron chi connectivity index (χ3n) is 3.86. The van der Waals surface area contributed by atoms with Crippen LogP contribution in [0.3, 0.4) is 0 Å². The Morgan fingerprint density at radius 1 is 1.00 bits per heavy atom. The zero-order valence-corrected chi connectivity index (χ0v) is 14.3. The van der Waals surface area contributed by atoms with Crippen molar-refractivity contribution >= 4 is 29.1 Å². The molecule has 4 heteroatoms. The van der Waals surface area contributed by atoms with Gasteiger partial charge in [-0.1, -0.05) is 42.5 Å². The van der Waals surface area contributed by atoms with Gasteiger partial charge in [-0.15, -0.1) is 0 Å². The van der Waals surface area contributed by atoms with E-state index in [9.17, 15) is 9.59 Å². The number of hydrogen-bond acceptors (Lipinski definition) is 4. The highest BCUT2D eigenvalue weighted by Gasteiger charge is 2.10. The molecule has 3 rings (SSSR count). The van der Waals surface area contributed by atoms with Crippen LogP contribution >= 0.6 is 0 Å². The molecule has 4 nitrogen and oxygen atoms in total. The molecule has 0 saturated carbocycles. The number of fused-ring (bicyclic) bond motifs is 1. The van der Waals surface area contributed by atoms with Gasteiger partial charge in [-0.25, -0.2) is 4.79 Å². The molecule has 0 aromatic heterocycles. The average molecular weight is 346 g/mol. The summed E-state index contributed by atoms with van der Waals surface area (Å²) in [4.78, 5) is 23.6. The highest BCUT2D eigenvalue weighted by molar-refractivity contribution is 6.02. The van der Waals surface area contributed by atoms with Crippen molar-refractivity contribution < 1.29 is 19.1 Å². The van der Waals surface area contributed by atoms with Crippen molar-refractivity contribution in [2.75, 3.05) is 6.61 Å². The number of benzene rings is 3. The van der Waals surface area contributed by atoms with Crippen LogP contribution < -0.4 is 9.47 Å². The summed E-state index contributed by atoms with van der Waals surface area (Å²) in [7, 11) is 0. The first-order valence-corrected chi connectivity index (χ1v) is 8.31. The zero-order chi connectivity index (χ0) is 18.4. The van der Waals surface area contributed by atoms with Gasteiger partial charge in [0, 0.05) is 6.08 Å². The lowest BCUT2D eigenvalue weighted by Gasteiger charge is -2.07. The fraction of sp³-hybridized carbons (Fsp3) is 0.0909. The van der Waals surface area contributed by atoms with Crippen LogP contribution in [0.4, 0.5) is 0 Å². The molecule has 0 aliphatic rings. The largest absolute Gasteiger partial charge is 0.494 e. The second-order valence-corrected chi connectivity index (χ2v) is 5.57. The van der Waals surface area contributed by atoms with E-state index < -0.39 is 5.97 Å². The third kappa shape index (κ3) is 3.98. The maximum atomic E-state index is 12.1. The van der Waals surface area contributed by atoms with E-state index in [0.29, 0.717) is 18.5 Å². The molecule has 0 fully saturated rings. The number of ether oxygens (including phenoxy) is 2. The Balaban J connectivity index is 1.75. The number of esters is 1. The molecule has 0 spiro atoms. The standard InChI is InChI=1S/C22H18O4/c1-2-25-18-11-7-16(8-12-18)9-14-22(24)26-21-13-10-17-5-3-4-6-19(17)20(21)15-23/h3-15H,2H2,1H3/b14-9+. The molecule has 0 aliphatic heterocycles. The molecule has 26 heavy (non-hydrogen) atoms. The van der Waals surface area contributed by atoms with Gasteiger partial charge in [-0.3, -0.25) is 4.79 Å². The summed E-state index contributed by atoms with van der Waals surface area (Å²) in [5.41, 5.74) is 1.21. The van der Waals surface area contributed by atoms with E-state index in [-0.39, 0.29) is 5.75 Å². The van der Waals surface area contributed by atoms with Crippen molar-refractivity contribution in [2.24, 2.45) is 0 Å². The van der Waals surface area contributed by atoms with E-state index in [1.54, 1.807) is 12.1 Å². The second kappa shape index (κ2) is 8.12. The van der Waals surface area contributed by atoms with Crippen LogP contribution in [-0.2, 0) is 4.79 Å². The molecular weight excluding hydrogens is 328 g/mol. The van der Waals surface area contributed by atoms with Gasteiger partial charge in [0.1, 0.15) is 11.5 Å². The summed E-state index contributed by atoms with van der Waals surface area (Å²) >= 11 is 0. The van der Waals surface area contributed by atoms with Crippen molar-refractivity contribution in [3.05, 3.63) is 77.9 Å². The number of carbonyl (C=O) groups is 2. The Labute approximate surface area is 151 Å². The molecule has 0 atom stereocenters. The van der Waals surface area contributed by atoms with Gasteiger partial charge in [0.05, 0.1) is 12.2 Å². The Morgan fingerprint density at radius 3 is 2.50 bits per heavy atom. The highest BCUT2D eigenvalue weighted by Crippen LogP contribution is 2.26. The third-order valence-corrected chi connectivity index (χ3v) is 3.86. The lowest BCUT2D eigenvalue weighted by atomic mass is 10.0. The highest BCUT2D eigenvalue weighted by atomic mass is 16.5. The Bertz CT molecular complexity index is 956. The van der Waals surface area contributed by atoms with Crippen LogP contribution in [0.1, 0.15) is 22.8 Å². The van der Waals surface area contributed by atoms with Gasteiger partial charge < -0.3 is 9.47 Å². The van der Waals surface area contributed by atoms with Gasteiger partial charge >= 0.3 is 5.97 Å². The monoisotopic (exact) mass is 346 g/mol. The molecule has 0 radical (unpaired) electrons. The fourth-order valence-electron chi connectivity index (χ4n) is 2.63. The van der Waals surface area contributed by atoms with E-state index in [1.165, 1.54) is 6.08 Å². The number of carbonyl (C=O) groups excluding carboxylic acids is 2. The van der Waals surface area contributed by atoms with Crippen molar-refractivity contribution in [3.63, 3.8) is 0 Å². The molecule has 0 aliphatic carbocycles. The summed E-state index contributed by atoms with van der Waals surface area (Å²) in [6, 6.07) is 18.3. The van der Waals surface area contributed by atoms with E-state index in [2.05, 4.69) is 0 Å². The first kappa shape index (κ1) is 17.4. The maximum Gasteiger partial charge on any atom is 0.336 e. The molecule has 0 amide bonds. The Kier molecular flexibility index (Phi) is 5.44. The van der Waals surface area contributed by atoms with Crippen molar-refractivity contribution in [1.29, 1.82) is 0 Å². The molecule has 0 N–H and O–H groups in total. The summed E-state index contributed by atoms with van der Waals surface area (Å²) in [6.07, 6.45) is 3.69. The van der Waals surface area contributed by atoms with E-state index in [1.807, 2.05) is 61.5 Å². The van der Waals surface area contributed by atoms with Crippen LogP contribution in [0.2, 0.25) is 0 Å². The van der Waals surface area contributed by atoms with Gasteiger partial charge in [0.25, 0.3) is 0 Å². The Morgan fingerprint density at radius 2 is 1.77 bits per heavy atom. The molecule has 3 aromatic carbocycles. The lowest BCUT2D eigenvalue weighted by Crippen LogP contribution is -2.06. The van der Waals surface area contributed by atoms with Crippen LogP contribution in [0.15, 0.2) is 66.7 Å². The minimum absolute atomic E-state index is 0.250. The lowest BCUT2D eigenvalue weighted by molar-refractivity contribution is -0.128. The van der Waals surface area contributed by atoms with Crippen LogP contribution in [-0.4, -0.2) is 18.9 Å². The normalized spacial score (nSPS) is 10.8. The van der Waals surface area contributed by atoms with E-state index >= 15 is 0 Å². The van der Waals surface area contributed by atoms with E-state index in [0.717, 1.165) is 22.1 Å². The molecule has 130 valence electrons. The minimum atomic E-state index is -0.544. The molecule has 0 saturated heterocycles. The SMILES string of the molecule is CCOc1ccc(/C=C/C(=O)Oc2ccc3ccccc3c2C=O)cc1. The summed E-state index contributed by atoms with van der Waals surface area (Å²) in [5, 5.41) is 1.67. The van der Waals surface area contributed by atoms with Crippen LogP contribution in [0, 0.1) is 0 Å². The van der Waals surface area contributed by atoms with Crippen molar-refractivity contribution in [3.8, 4) is 11.5 Å². The second-order valence-electron chi connectivity index (χ2n) is 5.57. The summed E-state index contributed by atoms with van der Waals surface area (Å²) in [6.45, 7) is 2.52. The topological polar surface area (TPSA) is 52.6 Å². The smallest absolute Gasteiger partial charge is 0.336 e. The molecular formula is C22H18O4. The predicted molar refractivity (Wildman–Crippen MR) is 102 cm³/mol. The number of hydrogen-bond donors (Lipinski definition) is 0. The maximum absolute atomic E-state index is 12.1. The van der Waals surface area contributed by atoms with Gasteiger partial charge in [0.15, 0.2) is 6.29 Å². The summed E-state index contributed by atoms with van der Waals surface area (Å²) in [5.74, 6) is 0.483. The zero-order valence-electron chi connectivity index (χ0n) is 14.3. The van der Waals surface area contributed by atoms with E-state index in [4.69, 9.17) is 9.47 Å². The van der Waals surface area contributed by atoms with Gasteiger partial charge in [-0.2, -0.15) is 0 Å². The van der Waals surface area contributed by atoms with Crippen LogP contribution in [0.25, 0.3) is 16.8 Å². The van der Waals surface area contributed by atoms with Crippen LogP contribution in [0.5, 0.6) is 11.5 Å².